The van der Waals surface area contributed by atoms with E-state index < -0.39 is 0 Å². The first-order chi connectivity index (χ1) is 8.79. The van der Waals surface area contributed by atoms with Crippen molar-refractivity contribution in [3.8, 4) is 0 Å². The number of fused-ring (bicyclic) bond motifs is 1. The summed E-state index contributed by atoms with van der Waals surface area (Å²) in [6, 6.07) is 0. The molecule has 0 aromatic rings. The molecule has 2 saturated carbocycles. The highest BCUT2D eigenvalue weighted by Crippen LogP contribution is 2.68. The second-order valence-corrected chi connectivity index (χ2v) is 7.85. The van der Waals surface area contributed by atoms with Crippen molar-refractivity contribution in [3.05, 3.63) is 11.6 Å². The lowest BCUT2D eigenvalue weighted by Crippen LogP contribution is -2.54. The van der Waals surface area contributed by atoms with Gasteiger partial charge in [0, 0.05) is 12.3 Å². The van der Waals surface area contributed by atoms with Crippen molar-refractivity contribution < 1.29 is 9.53 Å². The van der Waals surface area contributed by atoms with Gasteiger partial charge in [0.15, 0.2) is 0 Å². The monoisotopic (exact) mass is 262 g/mol. The number of allylic oxidation sites excluding steroid dienone is 2. The second kappa shape index (κ2) is 3.86. The van der Waals surface area contributed by atoms with Crippen LogP contribution >= 0.6 is 0 Å². The van der Waals surface area contributed by atoms with Crippen molar-refractivity contribution in [2.24, 2.45) is 16.2 Å². The average Bonchev–Trinajstić information content (AvgIpc) is 2.53. The lowest BCUT2D eigenvalue weighted by Gasteiger charge is -2.59. The SMILES string of the molecule is CC(=O)OC1CCC23C=C(C)CC2(C)CCC1(C)C3. The van der Waals surface area contributed by atoms with E-state index in [9.17, 15) is 4.79 Å². The molecule has 3 aliphatic carbocycles. The fourth-order valence-corrected chi connectivity index (χ4v) is 5.34. The van der Waals surface area contributed by atoms with Crippen LogP contribution in [-0.4, -0.2) is 12.1 Å². The summed E-state index contributed by atoms with van der Waals surface area (Å²) < 4.78 is 5.63. The molecule has 0 heterocycles. The first-order valence-electron chi connectivity index (χ1n) is 7.64. The summed E-state index contributed by atoms with van der Waals surface area (Å²) in [7, 11) is 0. The Labute approximate surface area is 116 Å². The normalized spacial score (nSPS) is 48.4. The van der Waals surface area contributed by atoms with E-state index in [1.54, 1.807) is 12.5 Å². The van der Waals surface area contributed by atoms with Crippen molar-refractivity contribution in [1.82, 2.24) is 0 Å². The maximum absolute atomic E-state index is 11.3. The van der Waals surface area contributed by atoms with Crippen LogP contribution in [0.3, 0.4) is 0 Å². The molecule has 2 fully saturated rings. The average molecular weight is 262 g/mol. The van der Waals surface area contributed by atoms with Gasteiger partial charge in [-0.15, -0.1) is 0 Å². The summed E-state index contributed by atoms with van der Waals surface area (Å²) in [5.74, 6) is -0.117. The van der Waals surface area contributed by atoms with Gasteiger partial charge >= 0.3 is 5.97 Å². The third kappa shape index (κ3) is 1.79. The van der Waals surface area contributed by atoms with Crippen LogP contribution in [0.1, 0.15) is 66.2 Å². The largest absolute Gasteiger partial charge is 0.462 e. The third-order valence-corrected chi connectivity index (χ3v) is 6.30. The molecule has 4 unspecified atom stereocenters. The molecule has 2 heteroatoms. The molecule has 19 heavy (non-hydrogen) atoms. The van der Waals surface area contributed by atoms with Crippen molar-refractivity contribution >= 4 is 5.97 Å². The van der Waals surface area contributed by atoms with Gasteiger partial charge in [0.25, 0.3) is 0 Å². The van der Waals surface area contributed by atoms with Gasteiger partial charge in [-0.25, -0.2) is 0 Å². The molecule has 1 spiro atoms. The number of esters is 1. The van der Waals surface area contributed by atoms with Crippen LogP contribution in [0.2, 0.25) is 0 Å². The molecule has 0 N–H and O–H groups in total. The Kier molecular flexibility index (Phi) is 2.69. The molecular weight excluding hydrogens is 236 g/mol. The number of hydrogen-bond acceptors (Lipinski definition) is 2. The standard InChI is InChI=1S/C17H26O2/c1-12-9-16(4)8-7-15(3)11-17(16,10-12)6-5-14(15)19-13(2)18/h10,14H,5-9,11H2,1-4H3. The lowest BCUT2D eigenvalue weighted by atomic mass is 9.46. The highest BCUT2D eigenvalue weighted by Gasteiger charge is 2.61. The third-order valence-electron chi connectivity index (χ3n) is 6.30. The van der Waals surface area contributed by atoms with E-state index in [-0.39, 0.29) is 17.5 Å². The van der Waals surface area contributed by atoms with Crippen molar-refractivity contribution in [1.29, 1.82) is 0 Å². The lowest BCUT2D eigenvalue weighted by molar-refractivity contribution is -0.172. The number of rotatable bonds is 1. The molecule has 106 valence electrons. The van der Waals surface area contributed by atoms with E-state index in [0.717, 1.165) is 6.42 Å². The smallest absolute Gasteiger partial charge is 0.302 e. The number of carbonyl (C=O) groups excluding carboxylic acids is 1. The van der Waals surface area contributed by atoms with Crippen LogP contribution < -0.4 is 0 Å². The Morgan fingerprint density at radius 2 is 2.05 bits per heavy atom. The fourth-order valence-electron chi connectivity index (χ4n) is 5.34. The zero-order valence-electron chi connectivity index (χ0n) is 12.7. The molecule has 3 rings (SSSR count). The quantitative estimate of drug-likeness (QED) is 0.522. The Morgan fingerprint density at radius 1 is 1.32 bits per heavy atom. The maximum Gasteiger partial charge on any atom is 0.302 e. The van der Waals surface area contributed by atoms with Gasteiger partial charge in [0.2, 0.25) is 0 Å². The van der Waals surface area contributed by atoms with E-state index >= 15 is 0 Å². The number of ether oxygens (including phenoxy) is 1. The first-order valence-corrected chi connectivity index (χ1v) is 7.64. The van der Waals surface area contributed by atoms with Gasteiger partial charge in [-0.2, -0.15) is 0 Å². The molecule has 2 nitrogen and oxygen atoms in total. The molecule has 2 bridgehead atoms. The summed E-state index contributed by atoms with van der Waals surface area (Å²) in [5.41, 5.74) is 2.58. The number of carbonyl (C=O) groups is 1. The van der Waals surface area contributed by atoms with Gasteiger partial charge in [-0.3, -0.25) is 4.79 Å². The summed E-state index contributed by atoms with van der Waals surface area (Å²) >= 11 is 0. The Hall–Kier alpha value is -0.790. The highest BCUT2D eigenvalue weighted by atomic mass is 16.5. The minimum Gasteiger partial charge on any atom is -0.462 e. The summed E-state index contributed by atoms with van der Waals surface area (Å²) in [6.07, 6.45) is 9.86. The van der Waals surface area contributed by atoms with Gasteiger partial charge in [0.1, 0.15) is 6.10 Å². The van der Waals surface area contributed by atoms with Crippen LogP contribution in [0, 0.1) is 16.2 Å². The van der Waals surface area contributed by atoms with Crippen LogP contribution in [0.25, 0.3) is 0 Å². The molecule has 0 saturated heterocycles. The van der Waals surface area contributed by atoms with Crippen LogP contribution in [-0.2, 0) is 9.53 Å². The summed E-state index contributed by atoms with van der Waals surface area (Å²) in [6.45, 7) is 8.64. The molecule has 0 radical (unpaired) electrons. The molecular formula is C17H26O2. The predicted molar refractivity (Wildman–Crippen MR) is 75.7 cm³/mol. The fraction of sp³-hybridized carbons (Fsp3) is 0.824. The van der Waals surface area contributed by atoms with Crippen molar-refractivity contribution in [3.63, 3.8) is 0 Å². The Balaban J connectivity index is 1.92. The van der Waals surface area contributed by atoms with Gasteiger partial charge in [-0.05, 0) is 56.3 Å². The molecule has 0 aromatic heterocycles. The van der Waals surface area contributed by atoms with Crippen LogP contribution in [0.4, 0.5) is 0 Å². The minimum absolute atomic E-state index is 0.117. The van der Waals surface area contributed by atoms with Gasteiger partial charge in [-0.1, -0.05) is 25.5 Å². The van der Waals surface area contributed by atoms with Crippen molar-refractivity contribution in [2.45, 2.75) is 72.3 Å². The molecule has 3 aliphatic rings. The van der Waals surface area contributed by atoms with Crippen molar-refractivity contribution in [2.75, 3.05) is 0 Å². The molecule has 0 amide bonds. The zero-order chi connectivity index (χ0) is 13.9. The highest BCUT2D eigenvalue weighted by molar-refractivity contribution is 5.66. The molecule has 0 aromatic carbocycles. The maximum atomic E-state index is 11.3. The van der Waals surface area contributed by atoms with Gasteiger partial charge in [0.05, 0.1) is 0 Å². The van der Waals surface area contributed by atoms with E-state index in [2.05, 4.69) is 26.8 Å². The van der Waals surface area contributed by atoms with E-state index in [4.69, 9.17) is 4.74 Å². The van der Waals surface area contributed by atoms with Crippen LogP contribution in [0.5, 0.6) is 0 Å². The second-order valence-electron chi connectivity index (χ2n) is 7.85. The van der Waals surface area contributed by atoms with Gasteiger partial charge < -0.3 is 4.74 Å². The Bertz CT molecular complexity index is 452. The molecule has 0 aliphatic heterocycles. The van der Waals surface area contributed by atoms with E-state index in [1.807, 2.05) is 0 Å². The van der Waals surface area contributed by atoms with E-state index in [1.165, 1.54) is 32.1 Å². The topological polar surface area (TPSA) is 26.3 Å². The van der Waals surface area contributed by atoms with Crippen LogP contribution in [0.15, 0.2) is 11.6 Å². The molecule has 4 atom stereocenters. The van der Waals surface area contributed by atoms with E-state index in [0.29, 0.717) is 10.8 Å². The first kappa shape index (κ1) is 13.2. The summed E-state index contributed by atoms with van der Waals surface area (Å²) in [4.78, 5) is 11.3. The minimum atomic E-state index is -0.117. The zero-order valence-corrected chi connectivity index (χ0v) is 12.7. The predicted octanol–water partition coefficient (Wildman–Crippen LogP) is 4.24. The summed E-state index contributed by atoms with van der Waals surface area (Å²) in [5, 5.41) is 0. The Morgan fingerprint density at radius 3 is 2.74 bits per heavy atom. The number of hydrogen-bond donors (Lipinski definition) is 0.